The molecule has 0 spiro atoms. The van der Waals surface area contributed by atoms with Crippen LogP contribution in [0.3, 0.4) is 0 Å². The van der Waals surface area contributed by atoms with Crippen LogP contribution in [-0.4, -0.2) is 44.1 Å². The van der Waals surface area contributed by atoms with Crippen molar-refractivity contribution in [2.75, 3.05) is 42.9 Å². The number of anilines is 4. The van der Waals surface area contributed by atoms with Crippen molar-refractivity contribution in [3.05, 3.63) is 48.5 Å². The molecule has 0 saturated carbocycles. The van der Waals surface area contributed by atoms with Crippen LogP contribution in [0.25, 0.3) is 10.9 Å². The van der Waals surface area contributed by atoms with Crippen molar-refractivity contribution in [2.24, 2.45) is 0 Å². The Kier molecular flexibility index (Phi) is 4.75. The Bertz CT molecular complexity index is 937. The third-order valence-corrected chi connectivity index (χ3v) is 4.41. The number of carbonyl (C=O) groups excluding carboxylic acids is 1. The summed E-state index contributed by atoms with van der Waals surface area (Å²) in [4.78, 5) is 26.5. The zero-order chi connectivity index (χ0) is 18.8. The minimum atomic E-state index is -0.107. The summed E-state index contributed by atoms with van der Waals surface area (Å²) < 4.78 is 0. The van der Waals surface area contributed by atoms with Gasteiger partial charge in [-0.05, 0) is 36.4 Å². The third-order valence-electron chi connectivity index (χ3n) is 4.41. The first kappa shape index (κ1) is 17.7. The molecule has 1 amide bonds. The smallest absolute Gasteiger partial charge is 0.234 e. The average Bonchev–Trinajstić information content (AvgIpc) is 2.65. The van der Waals surface area contributed by atoms with Gasteiger partial charge in [0.25, 0.3) is 0 Å². The lowest BCUT2D eigenvalue weighted by molar-refractivity contribution is -0.116. The van der Waals surface area contributed by atoms with E-state index in [1.165, 1.54) is 11.8 Å². The van der Waals surface area contributed by atoms with Gasteiger partial charge in [-0.2, -0.15) is 4.98 Å². The predicted molar refractivity (Wildman–Crippen MR) is 107 cm³/mol. The van der Waals surface area contributed by atoms with E-state index in [9.17, 15) is 4.79 Å². The van der Waals surface area contributed by atoms with Crippen LogP contribution in [0.2, 0.25) is 0 Å². The maximum Gasteiger partial charge on any atom is 0.234 e. The van der Waals surface area contributed by atoms with Gasteiger partial charge in [-0.25, -0.2) is 4.98 Å². The van der Waals surface area contributed by atoms with Gasteiger partial charge in [0.1, 0.15) is 5.82 Å². The Morgan fingerprint density at radius 3 is 2.08 bits per heavy atom. The number of para-hydroxylation sites is 1. The normalized spacial score (nSPS) is 10.7. The van der Waals surface area contributed by atoms with E-state index in [-0.39, 0.29) is 5.91 Å². The summed E-state index contributed by atoms with van der Waals surface area (Å²) in [5.74, 6) is 1.04. The van der Waals surface area contributed by atoms with Gasteiger partial charge in [0.15, 0.2) is 0 Å². The molecular weight excluding hydrogens is 326 g/mol. The largest absolute Gasteiger partial charge is 0.378 e. The van der Waals surface area contributed by atoms with E-state index in [1.807, 2.05) is 50.3 Å². The van der Waals surface area contributed by atoms with Crippen LogP contribution in [-0.2, 0) is 4.79 Å². The van der Waals surface area contributed by atoms with Crippen molar-refractivity contribution in [2.45, 2.75) is 6.92 Å². The van der Waals surface area contributed by atoms with E-state index in [2.05, 4.69) is 39.1 Å². The first-order valence-corrected chi connectivity index (χ1v) is 8.40. The van der Waals surface area contributed by atoms with Gasteiger partial charge in [0.05, 0.1) is 5.52 Å². The topological polar surface area (TPSA) is 52.6 Å². The van der Waals surface area contributed by atoms with Crippen molar-refractivity contribution >= 4 is 40.0 Å². The predicted octanol–water partition coefficient (Wildman–Crippen LogP) is 3.45. The molecule has 0 N–H and O–H groups in total. The number of hydrogen-bond donors (Lipinski definition) is 0. The second kappa shape index (κ2) is 7.00. The summed E-state index contributed by atoms with van der Waals surface area (Å²) in [7, 11) is 7.68. The lowest BCUT2D eigenvalue weighted by Gasteiger charge is -2.23. The highest BCUT2D eigenvalue weighted by Gasteiger charge is 2.16. The van der Waals surface area contributed by atoms with Gasteiger partial charge in [-0.1, -0.05) is 12.1 Å². The minimum absolute atomic E-state index is 0.107. The summed E-state index contributed by atoms with van der Waals surface area (Å²) in [6.45, 7) is 1.50. The SMILES string of the molecule is CC(=O)N(C)c1nc(N(C)c2ccc(N(C)C)cc2)c2ccccc2n1. The second-order valence-corrected chi connectivity index (χ2v) is 6.41. The second-order valence-electron chi connectivity index (χ2n) is 6.41. The van der Waals surface area contributed by atoms with E-state index in [1.54, 1.807) is 7.05 Å². The molecule has 2 aromatic carbocycles. The summed E-state index contributed by atoms with van der Waals surface area (Å²) in [5, 5.41) is 0.937. The fourth-order valence-corrected chi connectivity index (χ4v) is 2.69. The molecule has 3 aromatic rings. The standard InChI is InChI=1S/C20H23N5O/c1-14(26)24(4)20-21-18-9-7-6-8-17(18)19(22-20)25(5)16-12-10-15(11-13-16)23(2)3/h6-13H,1-5H3. The van der Waals surface area contributed by atoms with Gasteiger partial charge in [0.2, 0.25) is 11.9 Å². The molecule has 0 saturated heterocycles. The summed E-state index contributed by atoms with van der Waals surface area (Å²) >= 11 is 0. The van der Waals surface area contributed by atoms with E-state index in [0.29, 0.717) is 5.95 Å². The fourth-order valence-electron chi connectivity index (χ4n) is 2.69. The van der Waals surface area contributed by atoms with Crippen molar-refractivity contribution in [3.8, 4) is 0 Å². The number of carbonyl (C=O) groups is 1. The van der Waals surface area contributed by atoms with Gasteiger partial charge in [0, 0.05) is 51.9 Å². The maximum absolute atomic E-state index is 11.8. The van der Waals surface area contributed by atoms with Crippen LogP contribution >= 0.6 is 0 Å². The van der Waals surface area contributed by atoms with Crippen LogP contribution in [0.4, 0.5) is 23.1 Å². The van der Waals surface area contributed by atoms with Crippen LogP contribution in [0.15, 0.2) is 48.5 Å². The third kappa shape index (κ3) is 3.31. The number of fused-ring (bicyclic) bond motifs is 1. The molecule has 0 radical (unpaired) electrons. The lowest BCUT2D eigenvalue weighted by Crippen LogP contribution is -2.26. The number of hydrogen-bond acceptors (Lipinski definition) is 5. The molecule has 0 unspecified atom stereocenters. The highest BCUT2D eigenvalue weighted by atomic mass is 16.2. The molecule has 26 heavy (non-hydrogen) atoms. The quantitative estimate of drug-likeness (QED) is 0.722. The number of benzene rings is 2. The van der Waals surface area contributed by atoms with Crippen molar-refractivity contribution < 1.29 is 4.79 Å². The highest BCUT2D eigenvalue weighted by molar-refractivity contribution is 5.95. The number of nitrogens with zero attached hydrogens (tertiary/aromatic N) is 5. The van der Waals surface area contributed by atoms with Gasteiger partial charge in [-0.3, -0.25) is 9.69 Å². The number of rotatable bonds is 4. The monoisotopic (exact) mass is 349 g/mol. The van der Waals surface area contributed by atoms with E-state index < -0.39 is 0 Å². The first-order valence-electron chi connectivity index (χ1n) is 8.40. The van der Waals surface area contributed by atoms with Gasteiger partial charge >= 0.3 is 0 Å². The zero-order valence-electron chi connectivity index (χ0n) is 15.8. The molecule has 0 bridgehead atoms. The van der Waals surface area contributed by atoms with E-state index in [4.69, 9.17) is 0 Å². The molecular formula is C20H23N5O. The Hall–Kier alpha value is -3.15. The summed E-state index contributed by atoms with van der Waals surface area (Å²) in [5.41, 5.74) is 2.94. The van der Waals surface area contributed by atoms with Gasteiger partial charge < -0.3 is 9.80 Å². The van der Waals surface area contributed by atoms with Crippen LogP contribution in [0.5, 0.6) is 0 Å². The molecule has 0 aliphatic rings. The molecule has 3 rings (SSSR count). The Morgan fingerprint density at radius 1 is 0.846 bits per heavy atom. The molecule has 1 heterocycles. The Balaban J connectivity index is 2.11. The lowest BCUT2D eigenvalue weighted by atomic mass is 10.2. The zero-order valence-corrected chi connectivity index (χ0v) is 15.8. The summed E-state index contributed by atoms with van der Waals surface area (Å²) in [6, 6.07) is 16.1. The molecule has 0 fully saturated rings. The highest BCUT2D eigenvalue weighted by Crippen LogP contribution is 2.31. The fraction of sp³-hybridized carbons (Fsp3) is 0.250. The van der Waals surface area contributed by atoms with Crippen molar-refractivity contribution in [1.82, 2.24) is 9.97 Å². The Morgan fingerprint density at radius 2 is 1.46 bits per heavy atom. The van der Waals surface area contributed by atoms with Crippen LogP contribution < -0.4 is 14.7 Å². The number of amides is 1. The van der Waals surface area contributed by atoms with E-state index in [0.717, 1.165) is 28.1 Å². The maximum atomic E-state index is 11.8. The minimum Gasteiger partial charge on any atom is -0.378 e. The van der Waals surface area contributed by atoms with E-state index >= 15 is 0 Å². The molecule has 6 nitrogen and oxygen atoms in total. The number of aromatic nitrogens is 2. The van der Waals surface area contributed by atoms with Crippen molar-refractivity contribution in [3.63, 3.8) is 0 Å². The molecule has 134 valence electrons. The van der Waals surface area contributed by atoms with Crippen LogP contribution in [0.1, 0.15) is 6.92 Å². The average molecular weight is 349 g/mol. The molecule has 0 atom stereocenters. The first-order chi connectivity index (χ1) is 12.4. The molecule has 0 aliphatic carbocycles. The van der Waals surface area contributed by atoms with Gasteiger partial charge in [-0.15, -0.1) is 0 Å². The Labute approximate surface area is 153 Å². The molecule has 6 heteroatoms. The molecule has 0 aliphatic heterocycles. The van der Waals surface area contributed by atoms with Crippen LogP contribution in [0, 0.1) is 0 Å². The summed E-state index contributed by atoms with van der Waals surface area (Å²) in [6.07, 6.45) is 0. The molecule has 1 aromatic heterocycles. The van der Waals surface area contributed by atoms with Crippen molar-refractivity contribution in [1.29, 1.82) is 0 Å².